The summed E-state index contributed by atoms with van der Waals surface area (Å²) >= 11 is 11.2. The van der Waals surface area contributed by atoms with Crippen LogP contribution < -0.4 is 4.72 Å². The van der Waals surface area contributed by atoms with Crippen LogP contribution in [0.15, 0.2) is 24.3 Å². The van der Waals surface area contributed by atoms with E-state index in [4.69, 9.17) is 23.2 Å². The summed E-state index contributed by atoms with van der Waals surface area (Å²) in [5, 5.41) is 2.00. The van der Waals surface area contributed by atoms with Gasteiger partial charge >= 0.3 is 0 Å². The van der Waals surface area contributed by atoms with Gasteiger partial charge in [0, 0.05) is 27.3 Å². The first kappa shape index (κ1) is 16.8. The number of hydrogen-bond acceptors (Lipinski definition) is 3. The highest BCUT2D eigenvalue weighted by Gasteiger charge is 2.18. The number of hydrogen-bond donors (Lipinski definition) is 1. The summed E-state index contributed by atoms with van der Waals surface area (Å²) in [7, 11) is 0. The fourth-order valence-electron chi connectivity index (χ4n) is 2.06. The van der Waals surface area contributed by atoms with Crippen molar-refractivity contribution in [2.24, 2.45) is 5.92 Å². The average Bonchev–Trinajstić information content (AvgIpc) is 2.37. The van der Waals surface area contributed by atoms with Crippen LogP contribution in [0.4, 0.5) is 0 Å². The van der Waals surface area contributed by atoms with Crippen molar-refractivity contribution in [3.8, 4) is 0 Å². The molecule has 0 amide bonds. The van der Waals surface area contributed by atoms with Crippen molar-refractivity contribution in [2.75, 3.05) is 5.75 Å². The molecule has 0 fully saturated rings. The lowest BCUT2D eigenvalue weighted by Crippen LogP contribution is -2.31. The van der Waals surface area contributed by atoms with Gasteiger partial charge in [-0.15, -0.1) is 4.72 Å². The number of nitrogens with zero attached hydrogens (tertiary/aromatic N) is 1. The summed E-state index contributed by atoms with van der Waals surface area (Å²) in [4.78, 5) is 4.37. The second kappa shape index (κ2) is 7.16. The van der Waals surface area contributed by atoms with Crippen molar-refractivity contribution < 1.29 is 4.55 Å². The average molecular weight is 345 g/mol. The molecule has 0 aliphatic heterocycles. The van der Waals surface area contributed by atoms with Gasteiger partial charge in [-0.05, 0) is 37.1 Å². The highest BCUT2D eigenvalue weighted by molar-refractivity contribution is 7.89. The van der Waals surface area contributed by atoms with E-state index in [0.717, 1.165) is 16.5 Å². The standard InChI is InChI=1S/C15H18Cl2N2OS/c1-9(2)8-21(20)19-10(3)13-7-11-6-12(16)4-5-14(11)18-15(13)17/h4-7,9-10,19H,8H2,1-3H3/t10-,21?/m0/s1. The van der Waals surface area contributed by atoms with E-state index >= 15 is 0 Å². The largest absolute Gasteiger partial charge is 0.598 e. The van der Waals surface area contributed by atoms with E-state index < -0.39 is 11.4 Å². The molecular formula is C15H18Cl2N2OS. The van der Waals surface area contributed by atoms with Gasteiger partial charge in [-0.25, -0.2) is 4.98 Å². The molecule has 0 radical (unpaired) electrons. The molecule has 21 heavy (non-hydrogen) atoms. The maximum absolute atomic E-state index is 12.0. The Balaban J connectivity index is 2.26. The summed E-state index contributed by atoms with van der Waals surface area (Å²) in [5.74, 6) is 0.976. The molecule has 1 unspecified atom stereocenters. The molecule has 2 aromatic rings. The molecule has 0 aliphatic rings. The number of nitrogens with one attached hydrogen (secondary N) is 1. The van der Waals surface area contributed by atoms with Gasteiger partial charge in [-0.2, -0.15) is 0 Å². The van der Waals surface area contributed by atoms with Gasteiger partial charge in [0.15, 0.2) is 0 Å². The van der Waals surface area contributed by atoms with Gasteiger partial charge in [0.2, 0.25) is 0 Å². The number of rotatable bonds is 5. The molecule has 0 saturated heterocycles. The summed E-state index contributed by atoms with van der Waals surface area (Å²) in [6, 6.07) is 7.27. The van der Waals surface area contributed by atoms with Crippen LogP contribution in [0, 0.1) is 5.92 Å². The Bertz CT molecular complexity index is 636. The quantitative estimate of drug-likeness (QED) is 0.641. The zero-order valence-electron chi connectivity index (χ0n) is 12.2. The first-order valence-electron chi connectivity index (χ1n) is 6.77. The number of halogens is 2. The highest BCUT2D eigenvalue weighted by Crippen LogP contribution is 2.27. The Morgan fingerprint density at radius 1 is 1.24 bits per heavy atom. The van der Waals surface area contributed by atoms with Crippen molar-refractivity contribution in [3.05, 3.63) is 40.0 Å². The molecule has 0 spiro atoms. The number of pyridine rings is 1. The molecule has 2 rings (SSSR count). The minimum Gasteiger partial charge on any atom is -0.598 e. The Morgan fingerprint density at radius 3 is 2.62 bits per heavy atom. The predicted octanol–water partition coefficient (Wildman–Crippen LogP) is 4.51. The first-order chi connectivity index (χ1) is 9.86. The van der Waals surface area contributed by atoms with Crippen molar-refractivity contribution in [2.45, 2.75) is 26.8 Å². The molecule has 0 bridgehead atoms. The molecule has 6 heteroatoms. The summed E-state index contributed by atoms with van der Waals surface area (Å²) in [6.07, 6.45) is 0. The fraction of sp³-hybridized carbons (Fsp3) is 0.400. The molecule has 1 N–H and O–H groups in total. The van der Waals surface area contributed by atoms with Crippen LogP contribution in [0.5, 0.6) is 0 Å². The smallest absolute Gasteiger partial charge is 0.134 e. The molecule has 2 atom stereocenters. The summed E-state index contributed by atoms with van der Waals surface area (Å²) < 4.78 is 15.0. The molecule has 3 nitrogen and oxygen atoms in total. The lowest BCUT2D eigenvalue weighted by atomic mass is 10.1. The van der Waals surface area contributed by atoms with Gasteiger partial charge in [0.25, 0.3) is 0 Å². The molecule has 0 aliphatic carbocycles. The van der Waals surface area contributed by atoms with Crippen molar-refractivity contribution in [3.63, 3.8) is 0 Å². The number of benzene rings is 1. The van der Waals surface area contributed by atoms with Crippen LogP contribution in [0.3, 0.4) is 0 Å². The van der Waals surface area contributed by atoms with E-state index in [0.29, 0.717) is 21.8 Å². The third-order valence-corrected chi connectivity index (χ3v) is 5.14. The maximum atomic E-state index is 12.0. The lowest BCUT2D eigenvalue weighted by molar-refractivity contribution is 0.553. The second-order valence-electron chi connectivity index (χ2n) is 5.45. The van der Waals surface area contributed by atoms with Crippen molar-refractivity contribution >= 4 is 45.5 Å². The van der Waals surface area contributed by atoms with Crippen LogP contribution in [0.2, 0.25) is 10.2 Å². The van der Waals surface area contributed by atoms with E-state index in [-0.39, 0.29) is 6.04 Å². The van der Waals surface area contributed by atoms with Crippen molar-refractivity contribution in [1.29, 1.82) is 0 Å². The van der Waals surface area contributed by atoms with E-state index in [1.54, 1.807) is 6.07 Å². The summed E-state index contributed by atoms with van der Waals surface area (Å²) in [5.41, 5.74) is 1.62. The second-order valence-corrected chi connectivity index (χ2v) is 7.51. The fourth-order valence-corrected chi connectivity index (χ4v) is 3.77. The molecule has 1 aromatic heterocycles. The normalized spacial score (nSPS) is 14.6. The Labute approximate surface area is 138 Å². The van der Waals surface area contributed by atoms with E-state index in [2.05, 4.69) is 9.71 Å². The van der Waals surface area contributed by atoms with Gasteiger partial charge in [-0.1, -0.05) is 37.0 Å². The van der Waals surface area contributed by atoms with E-state index in [9.17, 15) is 4.55 Å². The van der Waals surface area contributed by atoms with Crippen LogP contribution >= 0.6 is 23.2 Å². The van der Waals surface area contributed by atoms with E-state index in [1.807, 2.05) is 39.0 Å². The van der Waals surface area contributed by atoms with Crippen LogP contribution in [0.25, 0.3) is 10.9 Å². The third kappa shape index (κ3) is 4.47. The minimum atomic E-state index is -1.09. The molecule has 1 aromatic carbocycles. The molecule has 114 valence electrons. The topological polar surface area (TPSA) is 48.0 Å². The van der Waals surface area contributed by atoms with Gasteiger partial charge < -0.3 is 4.55 Å². The van der Waals surface area contributed by atoms with Gasteiger partial charge in [0.05, 0.1) is 11.6 Å². The van der Waals surface area contributed by atoms with Crippen LogP contribution in [-0.4, -0.2) is 15.3 Å². The Morgan fingerprint density at radius 2 is 1.95 bits per heavy atom. The summed E-state index contributed by atoms with van der Waals surface area (Å²) in [6.45, 7) is 6.01. The SMILES string of the molecule is CC(C)C[S+]([O-])N[C@@H](C)c1cc2cc(Cl)ccc2nc1Cl. The maximum Gasteiger partial charge on any atom is 0.134 e. The number of aromatic nitrogens is 1. The van der Waals surface area contributed by atoms with Crippen LogP contribution in [-0.2, 0) is 11.4 Å². The predicted molar refractivity (Wildman–Crippen MR) is 91.2 cm³/mol. The zero-order chi connectivity index (χ0) is 15.6. The van der Waals surface area contributed by atoms with Crippen LogP contribution in [0.1, 0.15) is 32.4 Å². The lowest BCUT2D eigenvalue weighted by Gasteiger charge is -2.19. The van der Waals surface area contributed by atoms with Gasteiger partial charge in [0.1, 0.15) is 10.9 Å². The highest BCUT2D eigenvalue weighted by atomic mass is 35.5. The van der Waals surface area contributed by atoms with Gasteiger partial charge in [-0.3, -0.25) is 0 Å². The Kier molecular flexibility index (Phi) is 5.74. The Hall–Kier alpha value is -0.520. The number of fused-ring (bicyclic) bond motifs is 1. The van der Waals surface area contributed by atoms with E-state index in [1.165, 1.54) is 0 Å². The first-order valence-corrected chi connectivity index (χ1v) is 8.84. The van der Waals surface area contributed by atoms with Crippen molar-refractivity contribution in [1.82, 2.24) is 9.71 Å². The monoisotopic (exact) mass is 344 g/mol. The molecule has 1 heterocycles. The molecule has 0 saturated carbocycles. The third-order valence-electron chi connectivity index (χ3n) is 3.02. The molecular weight excluding hydrogens is 327 g/mol. The minimum absolute atomic E-state index is 0.145. The zero-order valence-corrected chi connectivity index (χ0v) is 14.5.